The summed E-state index contributed by atoms with van der Waals surface area (Å²) in [5, 5.41) is 0. The van der Waals surface area contributed by atoms with Gasteiger partial charge in [-0.1, -0.05) is 78.9 Å². The summed E-state index contributed by atoms with van der Waals surface area (Å²) in [4.78, 5) is 4.83. The molecule has 38 heavy (non-hydrogen) atoms. The number of ether oxygens (including phenoxy) is 1. The van der Waals surface area contributed by atoms with Crippen molar-refractivity contribution in [1.29, 1.82) is 0 Å². The molecule has 1 atom stereocenters. The molecular formula is C35H42N2O. The van der Waals surface area contributed by atoms with Gasteiger partial charge in [-0.2, -0.15) is 0 Å². The third-order valence-electron chi connectivity index (χ3n) is 7.07. The highest BCUT2D eigenvalue weighted by Gasteiger charge is 2.20. The molecule has 0 N–H and O–H groups in total. The highest BCUT2D eigenvalue weighted by atomic mass is 16.5. The van der Waals surface area contributed by atoms with Gasteiger partial charge in [0.25, 0.3) is 0 Å². The van der Waals surface area contributed by atoms with Crippen LogP contribution in [0.25, 0.3) is 0 Å². The lowest BCUT2D eigenvalue weighted by Gasteiger charge is -2.28. The second-order valence-corrected chi connectivity index (χ2v) is 10.2. The fourth-order valence-corrected chi connectivity index (χ4v) is 5.05. The maximum atomic E-state index is 6.52. The van der Waals surface area contributed by atoms with E-state index in [0.29, 0.717) is 0 Å². The molecule has 0 aliphatic heterocycles. The zero-order valence-electron chi connectivity index (χ0n) is 23.6. The molecular weight excluding hydrogens is 464 g/mol. The largest absolute Gasteiger partial charge is 0.372 e. The minimum Gasteiger partial charge on any atom is -0.372 e. The van der Waals surface area contributed by atoms with Crippen LogP contribution in [0.15, 0.2) is 103 Å². The predicted octanol–water partition coefficient (Wildman–Crippen LogP) is 8.56. The zero-order valence-corrected chi connectivity index (χ0v) is 23.6. The minimum atomic E-state index is -0.105. The van der Waals surface area contributed by atoms with Gasteiger partial charge in [-0.3, -0.25) is 0 Å². The summed E-state index contributed by atoms with van der Waals surface area (Å²) in [6, 6.07) is 37.2. The van der Waals surface area contributed by atoms with Crippen LogP contribution in [0.1, 0.15) is 61.6 Å². The molecule has 4 rings (SSSR count). The van der Waals surface area contributed by atoms with Gasteiger partial charge in [0.15, 0.2) is 0 Å². The Morgan fingerprint density at radius 1 is 0.632 bits per heavy atom. The van der Waals surface area contributed by atoms with Gasteiger partial charge in [-0.05, 0) is 86.7 Å². The first-order valence-corrected chi connectivity index (χ1v) is 13.9. The average Bonchev–Trinajstić information content (AvgIpc) is 2.94. The average molecular weight is 507 g/mol. The Hall–Kier alpha value is -3.56. The van der Waals surface area contributed by atoms with Crippen LogP contribution in [0, 0.1) is 6.92 Å². The third-order valence-corrected chi connectivity index (χ3v) is 7.07. The Morgan fingerprint density at radius 3 is 1.63 bits per heavy atom. The molecule has 0 radical (unpaired) electrons. The van der Waals surface area contributed by atoms with Crippen LogP contribution in [-0.4, -0.2) is 19.2 Å². The molecule has 0 amide bonds. The quantitative estimate of drug-likeness (QED) is 0.191. The lowest BCUT2D eigenvalue weighted by molar-refractivity contribution is 0.0301. The molecule has 4 aromatic rings. The van der Waals surface area contributed by atoms with Gasteiger partial charge in [-0.15, -0.1) is 0 Å². The van der Waals surface area contributed by atoms with E-state index in [2.05, 4.69) is 148 Å². The molecule has 0 aromatic heterocycles. The molecule has 3 nitrogen and oxygen atoms in total. The number of nitrogens with zero attached hydrogens (tertiary/aromatic N) is 2. The topological polar surface area (TPSA) is 15.7 Å². The number of anilines is 2. The van der Waals surface area contributed by atoms with Crippen molar-refractivity contribution in [3.8, 4) is 0 Å². The van der Waals surface area contributed by atoms with Crippen LogP contribution in [0.4, 0.5) is 11.4 Å². The maximum Gasteiger partial charge on any atom is 0.108 e. The van der Waals surface area contributed by atoms with Crippen LogP contribution in [-0.2, 0) is 17.8 Å². The molecule has 3 heteroatoms. The van der Waals surface area contributed by atoms with Gasteiger partial charge in [0.2, 0.25) is 0 Å². The van der Waals surface area contributed by atoms with Gasteiger partial charge < -0.3 is 14.5 Å². The van der Waals surface area contributed by atoms with Crippen LogP contribution in [0.3, 0.4) is 0 Å². The van der Waals surface area contributed by atoms with Gasteiger partial charge >= 0.3 is 0 Å². The summed E-state index contributed by atoms with van der Waals surface area (Å²) in [6.07, 6.45) is 0.0145. The molecule has 0 bridgehead atoms. The van der Waals surface area contributed by atoms with Crippen LogP contribution in [0.2, 0.25) is 0 Å². The van der Waals surface area contributed by atoms with Gasteiger partial charge in [0.1, 0.15) is 6.10 Å². The van der Waals surface area contributed by atoms with Crippen LogP contribution < -0.4 is 9.80 Å². The van der Waals surface area contributed by atoms with E-state index in [1.165, 1.54) is 39.2 Å². The van der Waals surface area contributed by atoms with Crippen LogP contribution in [0.5, 0.6) is 0 Å². The zero-order chi connectivity index (χ0) is 26.9. The minimum absolute atomic E-state index is 0.105. The van der Waals surface area contributed by atoms with Gasteiger partial charge in [0, 0.05) is 37.6 Å². The van der Waals surface area contributed by atoms with E-state index >= 15 is 0 Å². The van der Waals surface area contributed by atoms with Crippen molar-refractivity contribution >= 4 is 11.4 Å². The fourth-order valence-electron chi connectivity index (χ4n) is 5.05. The Labute approximate surface area is 229 Å². The highest BCUT2D eigenvalue weighted by molar-refractivity contribution is 5.54. The first-order valence-electron chi connectivity index (χ1n) is 13.9. The molecule has 1 unspecified atom stereocenters. The summed E-state index contributed by atoms with van der Waals surface area (Å²) in [5.74, 6) is 0. The third kappa shape index (κ3) is 7.05. The van der Waals surface area contributed by atoms with E-state index < -0.39 is 0 Å². The molecule has 0 fully saturated rings. The monoisotopic (exact) mass is 506 g/mol. The summed E-state index contributed by atoms with van der Waals surface area (Å²) in [7, 11) is 0. The highest BCUT2D eigenvalue weighted by Crippen LogP contribution is 2.33. The van der Waals surface area contributed by atoms with E-state index in [1.54, 1.807) is 0 Å². The SMILES string of the molecule is CCN(CC)c1ccc(C(OC(C)C)c2ccc(N(Cc3ccccc3)Cc3ccccc3)cc2)c(C)c1. The first kappa shape index (κ1) is 27.5. The van der Waals surface area contributed by atoms with Crippen LogP contribution >= 0.6 is 0 Å². The Balaban J connectivity index is 1.63. The predicted molar refractivity (Wildman–Crippen MR) is 162 cm³/mol. The van der Waals surface area contributed by atoms with E-state index in [9.17, 15) is 0 Å². The summed E-state index contributed by atoms with van der Waals surface area (Å²) < 4.78 is 6.52. The maximum absolute atomic E-state index is 6.52. The number of aryl methyl sites for hydroxylation is 1. The molecule has 0 spiro atoms. The number of rotatable bonds is 12. The molecule has 0 saturated heterocycles. The van der Waals surface area contributed by atoms with Crippen molar-refractivity contribution in [1.82, 2.24) is 0 Å². The fraction of sp³-hybridized carbons (Fsp3) is 0.314. The second kappa shape index (κ2) is 13.3. The molecule has 0 aliphatic carbocycles. The lowest BCUT2D eigenvalue weighted by Crippen LogP contribution is -2.22. The van der Waals surface area contributed by atoms with Crippen molar-refractivity contribution in [2.75, 3.05) is 22.9 Å². The Kier molecular flexibility index (Phi) is 9.62. The number of hydrogen-bond acceptors (Lipinski definition) is 3. The summed E-state index contributed by atoms with van der Waals surface area (Å²) >= 11 is 0. The van der Waals surface area contributed by atoms with Crippen molar-refractivity contribution in [2.24, 2.45) is 0 Å². The smallest absolute Gasteiger partial charge is 0.108 e. The molecule has 0 heterocycles. The van der Waals surface area contributed by atoms with Gasteiger partial charge in [-0.25, -0.2) is 0 Å². The van der Waals surface area contributed by atoms with E-state index in [1.807, 2.05) is 0 Å². The second-order valence-electron chi connectivity index (χ2n) is 10.2. The standard InChI is InChI=1S/C35H42N2O/c1-6-36(7-2)33-22-23-34(28(5)24-33)35(38-27(3)4)31-18-20-32(21-19-31)37(25-29-14-10-8-11-15-29)26-30-16-12-9-13-17-30/h8-24,27,35H,6-7,25-26H2,1-5H3. The lowest BCUT2D eigenvalue weighted by atomic mass is 9.96. The first-order chi connectivity index (χ1) is 18.5. The van der Waals surface area contributed by atoms with Crippen molar-refractivity contribution < 1.29 is 4.74 Å². The molecule has 198 valence electrons. The number of hydrogen-bond donors (Lipinski definition) is 0. The molecule has 4 aromatic carbocycles. The van der Waals surface area contributed by atoms with E-state index in [4.69, 9.17) is 4.74 Å². The van der Waals surface area contributed by atoms with Crippen molar-refractivity contribution in [3.63, 3.8) is 0 Å². The van der Waals surface area contributed by atoms with Gasteiger partial charge in [0.05, 0.1) is 6.10 Å². The van der Waals surface area contributed by atoms with Crippen molar-refractivity contribution in [2.45, 2.75) is 59.9 Å². The van der Waals surface area contributed by atoms with E-state index in [-0.39, 0.29) is 12.2 Å². The Morgan fingerprint density at radius 2 is 1.16 bits per heavy atom. The molecule has 0 aliphatic rings. The molecule has 0 saturated carbocycles. The van der Waals surface area contributed by atoms with Crippen molar-refractivity contribution in [3.05, 3.63) is 131 Å². The van der Waals surface area contributed by atoms with E-state index in [0.717, 1.165) is 26.2 Å². The Bertz CT molecular complexity index is 1210. The number of benzene rings is 4. The summed E-state index contributed by atoms with van der Waals surface area (Å²) in [6.45, 7) is 14.6. The summed E-state index contributed by atoms with van der Waals surface area (Å²) in [5.41, 5.74) is 8.76. The normalized spacial score (nSPS) is 11.9.